The van der Waals surface area contributed by atoms with Crippen LogP contribution in [0.15, 0.2) is 24.3 Å². The highest BCUT2D eigenvalue weighted by molar-refractivity contribution is 5.47. The second kappa shape index (κ2) is 4.90. The Hall–Kier alpha value is -1.06. The molecule has 1 heterocycles. The first-order valence-electron chi connectivity index (χ1n) is 6.64. The molecular formula is C15H24N2O. The summed E-state index contributed by atoms with van der Waals surface area (Å²) in [6.07, 6.45) is 1.89. The maximum absolute atomic E-state index is 6.02. The number of anilines is 1. The lowest BCUT2D eigenvalue weighted by Gasteiger charge is -2.45. The average molecular weight is 248 g/mol. The zero-order valence-electron chi connectivity index (χ0n) is 11.6. The minimum Gasteiger partial charge on any atom is -0.378 e. The standard InChI is InChI=1S/C15H24N2O/c1-12-4-6-13(7-5-12)17-15(11-16)8-9-18-14(2,3)10-15/h4-7,17H,8-11,16H2,1-3H3. The number of rotatable bonds is 3. The number of nitrogens with one attached hydrogen (secondary N) is 1. The molecule has 0 aromatic heterocycles. The van der Waals surface area contributed by atoms with Crippen LogP contribution in [0.3, 0.4) is 0 Å². The minimum absolute atomic E-state index is 0.0446. The molecule has 3 nitrogen and oxygen atoms in total. The van der Waals surface area contributed by atoms with Crippen molar-refractivity contribution in [2.45, 2.75) is 44.8 Å². The first-order chi connectivity index (χ1) is 8.45. The Morgan fingerprint density at radius 1 is 1.28 bits per heavy atom. The molecule has 0 bridgehead atoms. The first-order valence-corrected chi connectivity index (χ1v) is 6.64. The Morgan fingerprint density at radius 2 is 1.94 bits per heavy atom. The molecule has 0 radical (unpaired) electrons. The molecule has 1 saturated heterocycles. The predicted octanol–water partition coefficient (Wildman–Crippen LogP) is 2.69. The van der Waals surface area contributed by atoms with Gasteiger partial charge in [0, 0.05) is 25.3 Å². The van der Waals surface area contributed by atoms with Gasteiger partial charge in [-0.2, -0.15) is 0 Å². The van der Waals surface area contributed by atoms with Gasteiger partial charge in [-0.15, -0.1) is 0 Å². The van der Waals surface area contributed by atoms with E-state index in [1.807, 2.05) is 0 Å². The van der Waals surface area contributed by atoms with E-state index in [0.717, 1.165) is 25.1 Å². The van der Waals surface area contributed by atoms with Gasteiger partial charge in [-0.25, -0.2) is 0 Å². The maximum Gasteiger partial charge on any atom is 0.0649 e. The van der Waals surface area contributed by atoms with Gasteiger partial charge in [0.1, 0.15) is 0 Å². The molecular weight excluding hydrogens is 224 g/mol. The summed E-state index contributed by atoms with van der Waals surface area (Å²) >= 11 is 0. The van der Waals surface area contributed by atoms with Gasteiger partial charge in [-0.05, 0) is 39.3 Å². The quantitative estimate of drug-likeness (QED) is 0.864. The topological polar surface area (TPSA) is 47.3 Å². The minimum atomic E-state index is -0.102. The van der Waals surface area contributed by atoms with Gasteiger partial charge in [0.05, 0.1) is 11.1 Å². The third-order valence-electron chi connectivity index (χ3n) is 3.69. The van der Waals surface area contributed by atoms with Crippen LogP contribution >= 0.6 is 0 Å². The molecule has 0 aliphatic carbocycles. The van der Waals surface area contributed by atoms with Gasteiger partial charge in [0.2, 0.25) is 0 Å². The molecule has 1 aliphatic heterocycles. The summed E-state index contributed by atoms with van der Waals surface area (Å²) in [6, 6.07) is 8.48. The van der Waals surface area contributed by atoms with Crippen LogP contribution in [0.4, 0.5) is 5.69 Å². The Kier molecular flexibility index (Phi) is 3.64. The molecule has 1 aliphatic rings. The molecule has 0 spiro atoms. The molecule has 100 valence electrons. The summed E-state index contributed by atoms with van der Waals surface area (Å²) in [5.41, 5.74) is 8.29. The molecule has 1 unspecified atom stereocenters. The third-order valence-corrected chi connectivity index (χ3v) is 3.69. The molecule has 1 aromatic carbocycles. The van der Waals surface area contributed by atoms with Crippen LogP contribution in [0.25, 0.3) is 0 Å². The Morgan fingerprint density at radius 3 is 2.50 bits per heavy atom. The number of hydrogen-bond donors (Lipinski definition) is 2. The van der Waals surface area contributed by atoms with Gasteiger partial charge in [0.25, 0.3) is 0 Å². The smallest absolute Gasteiger partial charge is 0.0649 e. The SMILES string of the molecule is Cc1ccc(NC2(CN)CCOC(C)(C)C2)cc1. The molecule has 3 N–H and O–H groups in total. The third kappa shape index (κ3) is 3.03. The number of nitrogens with two attached hydrogens (primary N) is 1. The second-order valence-corrected chi connectivity index (χ2v) is 6.01. The molecule has 3 heteroatoms. The summed E-state index contributed by atoms with van der Waals surface area (Å²) in [7, 11) is 0. The van der Waals surface area contributed by atoms with Crippen LogP contribution in [0.2, 0.25) is 0 Å². The number of hydrogen-bond acceptors (Lipinski definition) is 3. The first kappa shape index (κ1) is 13.4. The monoisotopic (exact) mass is 248 g/mol. The normalized spacial score (nSPS) is 26.9. The molecule has 0 saturated carbocycles. The van der Waals surface area contributed by atoms with E-state index in [1.165, 1.54) is 5.56 Å². The van der Waals surface area contributed by atoms with Gasteiger partial charge < -0.3 is 15.8 Å². The second-order valence-electron chi connectivity index (χ2n) is 6.01. The van der Waals surface area contributed by atoms with Gasteiger partial charge in [-0.3, -0.25) is 0 Å². The predicted molar refractivity (Wildman–Crippen MR) is 75.9 cm³/mol. The molecule has 1 fully saturated rings. The van der Waals surface area contributed by atoms with Crippen molar-refractivity contribution < 1.29 is 4.74 Å². The van der Waals surface area contributed by atoms with Crippen LogP contribution in [0.1, 0.15) is 32.3 Å². The number of benzene rings is 1. The lowest BCUT2D eigenvalue weighted by Crippen LogP contribution is -2.55. The number of ether oxygens (including phenoxy) is 1. The van der Waals surface area contributed by atoms with E-state index in [4.69, 9.17) is 10.5 Å². The van der Waals surface area contributed by atoms with E-state index in [1.54, 1.807) is 0 Å². The van der Waals surface area contributed by atoms with Crippen molar-refractivity contribution in [3.63, 3.8) is 0 Å². The summed E-state index contributed by atoms with van der Waals surface area (Å²) in [5, 5.41) is 3.62. The van der Waals surface area contributed by atoms with E-state index < -0.39 is 0 Å². The van der Waals surface area contributed by atoms with Crippen molar-refractivity contribution in [1.29, 1.82) is 0 Å². The highest BCUT2D eigenvalue weighted by Crippen LogP contribution is 2.34. The fourth-order valence-electron chi connectivity index (χ4n) is 2.75. The van der Waals surface area contributed by atoms with E-state index in [-0.39, 0.29) is 11.1 Å². The van der Waals surface area contributed by atoms with Crippen molar-refractivity contribution in [2.75, 3.05) is 18.5 Å². The lowest BCUT2D eigenvalue weighted by atomic mass is 9.81. The molecule has 1 aromatic rings. The van der Waals surface area contributed by atoms with Gasteiger partial charge >= 0.3 is 0 Å². The van der Waals surface area contributed by atoms with Crippen molar-refractivity contribution in [3.8, 4) is 0 Å². The molecule has 2 rings (SSSR count). The van der Waals surface area contributed by atoms with E-state index in [9.17, 15) is 0 Å². The average Bonchev–Trinajstić information content (AvgIpc) is 2.31. The van der Waals surface area contributed by atoms with Gasteiger partial charge in [0.15, 0.2) is 0 Å². The van der Waals surface area contributed by atoms with E-state index in [2.05, 4.69) is 50.4 Å². The van der Waals surface area contributed by atoms with Gasteiger partial charge in [-0.1, -0.05) is 17.7 Å². The number of aryl methyl sites for hydroxylation is 1. The van der Waals surface area contributed by atoms with Crippen LogP contribution in [-0.4, -0.2) is 24.3 Å². The van der Waals surface area contributed by atoms with Crippen LogP contribution < -0.4 is 11.1 Å². The maximum atomic E-state index is 6.02. The molecule has 18 heavy (non-hydrogen) atoms. The fourth-order valence-corrected chi connectivity index (χ4v) is 2.75. The zero-order chi connectivity index (χ0) is 13.2. The Balaban J connectivity index is 2.15. The van der Waals surface area contributed by atoms with Crippen molar-refractivity contribution >= 4 is 5.69 Å². The van der Waals surface area contributed by atoms with Crippen LogP contribution in [-0.2, 0) is 4.74 Å². The Bertz CT molecular complexity index is 399. The summed E-state index contributed by atoms with van der Waals surface area (Å²) in [4.78, 5) is 0. The van der Waals surface area contributed by atoms with Crippen molar-refractivity contribution in [2.24, 2.45) is 5.73 Å². The largest absolute Gasteiger partial charge is 0.378 e. The van der Waals surface area contributed by atoms with Crippen LogP contribution in [0, 0.1) is 6.92 Å². The van der Waals surface area contributed by atoms with Crippen LogP contribution in [0.5, 0.6) is 0 Å². The summed E-state index contributed by atoms with van der Waals surface area (Å²) in [5.74, 6) is 0. The van der Waals surface area contributed by atoms with Crippen molar-refractivity contribution in [3.05, 3.63) is 29.8 Å². The highest BCUT2D eigenvalue weighted by Gasteiger charge is 2.39. The fraction of sp³-hybridized carbons (Fsp3) is 0.600. The highest BCUT2D eigenvalue weighted by atomic mass is 16.5. The van der Waals surface area contributed by atoms with E-state index in [0.29, 0.717) is 6.54 Å². The zero-order valence-corrected chi connectivity index (χ0v) is 11.6. The van der Waals surface area contributed by atoms with E-state index >= 15 is 0 Å². The Labute approximate surface area is 110 Å². The lowest BCUT2D eigenvalue weighted by molar-refractivity contribution is -0.0736. The molecule has 0 amide bonds. The van der Waals surface area contributed by atoms with Crippen molar-refractivity contribution in [1.82, 2.24) is 0 Å². The summed E-state index contributed by atoms with van der Waals surface area (Å²) < 4.78 is 5.78. The molecule has 1 atom stereocenters. The summed E-state index contributed by atoms with van der Waals surface area (Å²) in [6.45, 7) is 7.76.